The third-order valence-corrected chi connectivity index (χ3v) is 4.75. The number of fused-ring (bicyclic) bond motifs is 1. The molecule has 0 aromatic heterocycles. The lowest BCUT2D eigenvalue weighted by atomic mass is 10.1. The number of nitrogens with zero attached hydrogens (tertiary/aromatic N) is 1. The molecule has 0 saturated heterocycles. The Kier molecular flexibility index (Phi) is 3.01. The number of likely N-dealkylation sites (N-methyl/N-ethyl adjacent to an activating group) is 1. The fourth-order valence-electron chi connectivity index (χ4n) is 1.90. The molecule has 0 saturated carbocycles. The Morgan fingerprint density at radius 1 is 1.37 bits per heavy atom. The highest BCUT2D eigenvalue weighted by atomic mass is 32.2. The van der Waals surface area contributed by atoms with Gasteiger partial charge in [-0.15, -0.1) is 0 Å². The second-order valence-corrected chi connectivity index (χ2v) is 6.10. The van der Waals surface area contributed by atoms with Crippen LogP contribution in [0.15, 0.2) is 28.8 Å². The summed E-state index contributed by atoms with van der Waals surface area (Å²) >= 11 is 0. The lowest BCUT2D eigenvalue weighted by Gasteiger charge is -2.27. The molecule has 6 nitrogen and oxygen atoms in total. The molecule has 1 aromatic carbocycles. The molecule has 7 heteroatoms. The van der Waals surface area contributed by atoms with Crippen molar-refractivity contribution < 1.29 is 23.1 Å². The molecule has 2 rings (SSSR count). The summed E-state index contributed by atoms with van der Waals surface area (Å²) in [6, 6.07) is 4.57. The standard InChI is InChI=1S/C12H13NO5S/c1-7-4-5-8-9(6-7)19(16,17)13(2)10(11(8)14)12(15)18-3/h4-6,14H,1-3H3. The van der Waals surface area contributed by atoms with Gasteiger partial charge >= 0.3 is 5.97 Å². The van der Waals surface area contributed by atoms with E-state index < -0.39 is 21.8 Å². The summed E-state index contributed by atoms with van der Waals surface area (Å²) in [6.07, 6.45) is 0. The van der Waals surface area contributed by atoms with Gasteiger partial charge in [-0.05, 0) is 24.6 Å². The minimum atomic E-state index is -3.87. The number of aryl methyl sites for hydroxylation is 1. The van der Waals surface area contributed by atoms with Gasteiger partial charge in [0.15, 0.2) is 11.5 Å². The van der Waals surface area contributed by atoms with Crippen LogP contribution in [0.5, 0.6) is 0 Å². The van der Waals surface area contributed by atoms with Crippen molar-refractivity contribution >= 4 is 21.8 Å². The molecule has 0 spiro atoms. The van der Waals surface area contributed by atoms with E-state index in [0.29, 0.717) is 0 Å². The molecule has 0 radical (unpaired) electrons. The smallest absolute Gasteiger partial charge is 0.359 e. The minimum absolute atomic E-state index is 0.0276. The molecule has 0 bridgehead atoms. The molecule has 0 unspecified atom stereocenters. The molecule has 1 aromatic rings. The lowest BCUT2D eigenvalue weighted by molar-refractivity contribution is -0.137. The summed E-state index contributed by atoms with van der Waals surface area (Å²) in [6.45, 7) is 1.74. The van der Waals surface area contributed by atoms with Crippen molar-refractivity contribution in [3.63, 3.8) is 0 Å². The second kappa shape index (κ2) is 4.27. The Morgan fingerprint density at radius 2 is 2.00 bits per heavy atom. The SMILES string of the molecule is COC(=O)C1=C(O)c2ccc(C)cc2S(=O)(=O)N1C. The lowest BCUT2D eigenvalue weighted by Crippen LogP contribution is -2.35. The number of hydrogen-bond donors (Lipinski definition) is 1. The second-order valence-electron chi connectivity index (χ2n) is 4.16. The molecule has 1 aliphatic heterocycles. The summed E-state index contributed by atoms with van der Waals surface area (Å²) in [5.74, 6) is -1.31. The normalized spacial score (nSPS) is 17.1. The van der Waals surface area contributed by atoms with Gasteiger partial charge in [-0.3, -0.25) is 4.31 Å². The zero-order chi connectivity index (χ0) is 14.4. The third kappa shape index (κ3) is 1.86. The Bertz CT molecular complexity index is 690. The van der Waals surface area contributed by atoms with Crippen LogP contribution in [-0.2, 0) is 19.6 Å². The van der Waals surface area contributed by atoms with Crippen LogP contribution in [0.4, 0.5) is 0 Å². The topological polar surface area (TPSA) is 83.9 Å². The molecule has 1 aliphatic rings. The van der Waals surface area contributed by atoms with E-state index >= 15 is 0 Å². The summed E-state index contributed by atoms with van der Waals surface area (Å²) in [7, 11) is -1.55. The number of aliphatic hydroxyl groups excluding tert-OH is 1. The summed E-state index contributed by atoms with van der Waals surface area (Å²) in [4.78, 5) is 11.6. The van der Waals surface area contributed by atoms with Crippen molar-refractivity contribution in [3.8, 4) is 0 Å². The maximum Gasteiger partial charge on any atom is 0.359 e. The van der Waals surface area contributed by atoms with Gasteiger partial charge < -0.3 is 9.84 Å². The van der Waals surface area contributed by atoms with Crippen LogP contribution >= 0.6 is 0 Å². The van der Waals surface area contributed by atoms with Crippen molar-refractivity contribution in [1.29, 1.82) is 0 Å². The van der Waals surface area contributed by atoms with E-state index in [1.807, 2.05) is 0 Å². The van der Waals surface area contributed by atoms with Gasteiger partial charge in [0.25, 0.3) is 10.0 Å². The zero-order valence-corrected chi connectivity index (χ0v) is 11.5. The maximum atomic E-state index is 12.3. The Hall–Kier alpha value is -2.02. The minimum Gasteiger partial charge on any atom is -0.505 e. The summed E-state index contributed by atoms with van der Waals surface area (Å²) in [5, 5.41) is 10.1. The predicted molar refractivity (Wildman–Crippen MR) is 67.7 cm³/mol. The van der Waals surface area contributed by atoms with Gasteiger partial charge in [0.05, 0.1) is 12.0 Å². The number of benzene rings is 1. The molecule has 0 fully saturated rings. The van der Waals surface area contributed by atoms with E-state index in [-0.39, 0.29) is 16.2 Å². The van der Waals surface area contributed by atoms with Crippen LogP contribution in [0.3, 0.4) is 0 Å². The van der Waals surface area contributed by atoms with E-state index in [1.165, 1.54) is 19.2 Å². The Balaban J connectivity index is 2.83. The molecular weight excluding hydrogens is 270 g/mol. The van der Waals surface area contributed by atoms with Crippen molar-refractivity contribution in [3.05, 3.63) is 35.0 Å². The highest BCUT2D eigenvalue weighted by Crippen LogP contribution is 2.35. The van der Waals surface area contributed by atoms with E-state index in [9.17, 15) is 18.3 Å². The van der Waals surface area contributed by atoms with Gasteiger partial charge in [0.1, 0.15) is 0 Å². The molecule has 102 valence electrons. The Labute approximate surface area is 111 Å². The van der Waals surface area contributed by atoms with Gasteiger partial charge in [0, 0.05) is 12.6 Å². The molecule has 0 aliphatic carbocycles. The monoisotopic (exact) mass is 283 g/mol. The van der Waals surface area contributed by atoms with Crippen molar-refractivity contribution in [1.82, 2.24) is 4.31 Å². The van der Waals surface area contributed by atoms with E-state index in [1.54, 1.807) is 13.0 Å². The number of sulfonamides is 1. The zero-order valence-electron chi connectivity index (χ0n) is 10.7. The molecular formula is C12H13NO5S. The van der Waals surface area contributed by atoms with Crippen molar-refractivity contribution in [2.24, 2.45) is 0 Å². The van der Waals surface area contributed by atoms with Crippen LogP contribution in [0.25, 0.3) is 5.76 Å². The number of carbonyl (C=O) groups is 1. The highest BCUT2D eigenvalue weighted by molar-refractivity contribution is 7.89. The number of aliphatic hydroxyl groups is 1. The van der Waals surface area contributed by atoms with Crippen LogP contribution in [0, 0.1) is 6.92 Å². The first kappa shape index (κ1) is 13.4. The molecule has 0 amide bonds. The number of esters is 1. The molecule has 19 heavy (non-hydrogen) atoms. The van der Waals surface area contributed by atoms with Gasteiger partial charge in [-0.25, -0.2) is 13.2 Å². The average Bonchev–Trinajstić information content (AvgIpc) is 2.36. The first-order valence-electron chi connectivity index (χ1n) is 5.42. The predicted octanol–water partition coefficient (Wildman–Crippen LogP) is 1.03. The number of ether oxygens (including phenoxy) is 1. The van der Waals surface area contributed by atoms with Crippen LogP contribution in [-0.4, -0.2) is 38.0 Å². The Morgan fingerprint density at radius 3 is 2.58 bits per heavy atom. The quantitative estimate of drug-likeness (QED) is 0.778. The fourth-order valence-corrected chi connectivity index (χ4v) is 3.38. The first-order chi connectivity index (χ1) is 8.80. The van der Waals surface area contributed by atoms with Gasteiger partial charge in [-0.1, -0.05) is 6.07 Å². The number of hydrogen-bond acceptors (Lipinski definition) is 5. The number of methoxy groups -OCH3 is 1. The van der Waals surface area contributed by atoms with Crippen molar-refractivity contribution in [2.75, 3.05) is 14.2 Å². The summed E-state index contributed by atoms with van der Waals surface area (Å²) in [5.41, 5.74) is 0.452. The van der Waals surface area contributed by atoms with Crippen LogP contribution in [0.1, 0.15) is 11.1 Å². The van der Waals surface area contributed by atoms with Crippen LogP contribution in [0.2, 0.25) is 0 Å². The number of rotatable bonds is 1. The number of carbonyl (C=O) groups excluding carboxylic acids is 1. The summed E-state index contributed by atoms with van der Waals surface area (Å²) < 4.78 is 29.8. The van der Waals surface area contributed by atoms with Crippen LogP contribution < -0.4 is 0 Å². The third-order valence-electron chi connectivity index (χ3n) is 2.95. The first-order valence-corrected chi connectivity index (χ1v) is 6.86. The molecule has 1 heterocycles. The van der Waals surface area contributed by atoms with E-state index in [4.69, 9.17) is 0 Å². The van der Waals surface area contributed by atoms with E-state index in [2.05, 4.69) is 4.74 Å². The van der Waals surface area contributed by atoms with E-state index in [0.717, 1.165) is 17.0 Å². The molecule has 1 N–H and O–H groups in total. The fraction of sp³-hybridized carbons (Fsp3) is 0.250. The highest BCUT2D eigenvalue weighted by Gasteiger charge is 2.38. The van der Waals surface area contributed by atoms with Gasteiger partial charge in [0.2, 0.25) is 0 Å². The van der Waals surface area contributed by atoms with Crippen molar-refractivity contribution in [2.45, 2.75) is 11.8 Å². The largest absolute Gasteiger partial charge is 0.505 e. The maximum absolute atomic E-state index is 12.3. The molecule has 0 atom stereocenters. The van der Waals surface area contributed by atoms with Gasteiger partial charge in [-0.2, -0.15) is 0 Å². The average molecular weight is 283 g/mol.